The van der Waals surface area contributed by atoms with E-state index in [1.54, 1.807) is 14.1 Å². The van der Waals surface area contributed by atoms with Gasteiger partial charge in [0.15, 0.2) is 0 Å². The average Bonchev–Trinajstić information content (AvgIpc) is 2.61. The Morgan fingerprint density at radius 1 is 1.15 bits per heavy atom. The Hall–Kier alpha value is -1.92. The van der Waals surface area contributed by atoms with Crippen LogP contribution in [-0.2, 0) is 16.0 Å². The summed E-state index contributed by atoms with van der Waals surface area (Å²) in [6, 6.07) is 9.12. The Morgan fingerprint density at radius 2 is 1.74 bits per heavy atom. The topological polar surface area (TPSA) is 81.7 Å². The summed E-state index contributed by atoms with van der Waals surface area (Å²) >= 11 is 0. The van der Waals surface area contributed by atoms with Crippen LogP contribution in [0.5, 0.6) is 0 Å². The molecule has 0 aliphatic rings. The maximum atomic E-state index is 13.0. The number of carbonyl (C=O) groups excluding carboxylic acids is 2. The quantitative estimate of drug-likeness (QED) is 0.578. The van der Waals surface area contributed by atoms with Crippen LogP contribution in [0.1, 0.15) is 46.1 Å². The summed E-state index contributed by atoms with van der Waals surface area (Å²) in [5.74, 6) is -0.845. The van der Waals surface area contributed by atoms with E-state index >= 15 is 0 Å². The molecule has 3 atom stereocenters. The summed E-state index contributed by atoms with van der Waals surface area (Å²) in [5, 5.41) is 16.5. The Bertz CT molecular complexity index is 596. The molecular weight excluding hydrogens is 342 g/mol. The highest BCUT2D eigenvalue weighted by molar-refractivity contribution is 5.89. The number of hydroxylamine groups is 2. The predicted octanol–water partition coefficient (Wildman–Crippen LogP) is 2.61. The third-order valence-corrected chi connectivity index (χ3v) is 4.99. The number of nitrogens with one attached hydrogen (secondary N) is 2. The number of hydrogen-bond donors (Lipinski definition) is 3. The van der Waals surface area contributed by atoms with Crippen molar-refractivity contribution in [2.75, 3.05) is 14.1 Å². The monoisotopic (exact) mass is 377 g/mol. The molecule has 0 saturated carbocycles. The summed E-state index contributed by atoms with van der Waals surface area (Å²) < 4.78 is 0. The van der Waals surface area contributed by atoms with Gasteiger partial charge < -0.3 is 15.8 Å². The summed E-state index contributed by atoms with van der Waals surface area (Å²) in [6.45, 7) is 7.57. The molecule has 3 N–H and O–H groups in total. The van der Waals surface area contributed by atoms with E-state index in [0.29, 0.717) is 6.42 Å². The van der Waals surface area contributed by atoms with E-state index in [1.807, 2.05) is 45.9 Å². The van der Waals surface area contributed by atoms with Gasteiger partial charge in [-0.3, -0.25) is 9.59 Å². The molecule has 0 fully saturated rings. The second kappa shape index (κ2) is 10.4. The number of aryl methyl sites for hydroxylation is 1. The number of hydrogen-bond acceptors (Lipinski definition) is 4. The van der Waals surface area contributed by atoms with E-state index in [9.17, 15) is 14.8 Å². The van der Waals surface area contributed by atoms with E-state index in [-0.39, 0.29) is 17.9 Å². The van der Waals surface area contributed by atoms with Gasteiger partial charge in [0.2, 0.25) is 11.8 Å². The SMILES string of the molecule is CNC(=O)[C@@H](NC(=O)[C@H](CCCc1ccccc1)[C@@H](C)N(C)O)C(C)(C)C. The number of amides is 2. The molecular formula is C21H35N3O3. The van der Waals surface area contributed by atoms with Gasteiger partial charge in [0, 0.05) is 20.1 Å². The predicted molar refractivity (Wildman–Crippen MR) is 107 cm³/mol. The third-order valence-electron chi connectivity index (χ3n) is 4.99. The van der Waals surface area contributed by atoms with Crippen molar-refractivity contribution in [2.45, 2.75) is 59.0 Å². The minimum atomic E-state index is -0.636. The molecule has 6 nitrogen and oxygen atoms in total. The fourth-order valence-corrected chi connectivity index (χ4v) is 3.09. The van der Waals surface area contributed by atoms with Gasteiger partial charge in [0.25, 0.3) is 0 Å². The standard InChI is InChI=1S/C21H35N3O3/c1-15(24(6)27)17(14-10-13-16-11-8-7-9-12-16)19(25)23-18(20(26)22-5)21(2,3)4/h7-9,11-12,15,17-18,27H,10,13-14H2,1-6H3,(H,22,26)(H,23,25)/t15-,17-,18-/m1/s1. The number of nitrogens with zero attached hydrogens (tertiary/aromatic N) is 1. The Balaban J connectivity index is 2.84. The van der Waals surface area contributed by atoms with Crippen LogP contribution in [0.25, 0.3) is 0 Å². The van der Waals surface area contributed by atoms with Crippen LogP contribution in [0.3, 0.4) is 0 Å². The summed E-state index contributed by atoms with van der Waals surface area (Å²) in [4.78, 5) is 25.2. The van der Waals surface area contributed by atoms with Crippen LogP contribution in [0.4, 0.5) is 0 Å². The van der Waals surface area contributed by atoms with Crippen molar-refractivity contribution in [1.29, 1.82) is 0 Å². The minimum Gasteiger partial charge on any atom is -0.357 e. The molecule has 0 unspecified atom stereocenters. The average molecular weight is 378 g/mol. The highest BCUT2D eigenvalue weighted by Crippen LogP contribution is 2.22. The van der Waals surface area contributed by atoms with Gasteiger partial charge in [-0.25, -0.2) is 0 Å². The summed E-state index contributed by atoms with van der Waals surface area (Å²) in [6.07, 6.45) is 2.31. The van der Waals surface area contributed by atoms with Gasteiger partial charge in [0.1, 0.15) is 6.04 Å². The molecule has 0 aliphatic heterocycles. The molecule has 0 aromatic heterocycles. The van der Waals surface area contributed by atoms with Crippen molar-refractivity contribution >= 4 is 11.8 Å². The van der Waals surface area contributed by atoms with E-state index in [2.05, 4.69) is 22.8 Å². The largest absolute Gasteiger partial charge is 0.357 e. The normalized spacial score (nSPS) is 15.1. The van der Waals surface area contributed by atoms with Crippen LogP contribution in [0.2, 0.25) is 0 Å². The fraction of sp³-hybridized carbons (Fsp3) is 0.619. The first-order valence-corrected chi connectivity index (χ1v) is 9.55. The van der Waals surface area contributed by atoms with Crippen molar-refractivity contribution in [3.05, 3.63) is 35.9 Å². The van der Waals surface area contributed by atoms with Gasteiger partial charge in [-0.1, -0.05) is 51.1 Å². The highest BCUT2D eigenvalue weighted by atomic mass is 16.5. The van der Waals surface area contributed by atoms with Crippen molar-refractivity contribution < 1.29 is 14.8 Å². The lowest BCUT2D eigenvalue weighted by Gasteiger charge is -2.33. The first-order chi connectivity index (χ1) is 12.6. The van der Waals surface area contributed by atoms with E-state index in [1.165, 1.54) is 5.56 Å². The molecule has 0 radical (unpaired) electrons. The zero-order valence-electron chi connectivity index (χ0n) is 17.5. The summed E-state index contributed by atoms with van der Waals surface area (Å²) in [7, 11) is 3.11. The van der Waals surface area contributed by atoms with Crippen LogP contribution in [0, 0.1) is 11.3 Å². The van der Waals surface area contributed by atoms with Crippen LogP contribution < -0.4 is 10.6 Å². The van der Waals surface area contributed by atoms with Crippen LogP contribution in [0.15, 0.2) is 30.3 Å². The molecule has 0 spiro atoms. The second-order valence-electron chi connectivity index (χ2n) is 8.22. The number of rotatable bonds is 9. The number of likely N-dealkylation sites (N-methyl/N-ethyl adjacent to an activating group) is 1. The first-order valence-electron chi connectivity index (χ1n) is 9.55. The zero-order chi connectivity index (χ0) is 20.6. The summed E-state index contributed by atoms with van der Waals surface area (Å²) in [5.41, 5.74) is 0.804. The molecule has 0 saturated heterocycles. The van der Waals surface area contributed by atoms with Crippen molar-refractivity contribution in [3.8, 4) is 0 Å². The molecule has 0 aliphatic carbocycles. The molecule has 0 heterocycles. The lowest BCUT2D eigenvalue weighted by molar-refractivity contribution is -0.145. The Morgan fingerprint density at radius 3 is 2.22 bits per heavy atom. The van der Waals surface area contributed by atoms with Crippen molar-refractivity contribution in [2.24, 2.45) is 11.3 Å². The molecule has 1 rings (SSSR count). The Kier molecular flexibility index (Phi) is 8.93. The highest BCUT2D eigenvalue weighted by Gasteiger charge is 2.35. The van der Waals surface area contributed by atoms with Gasteiger partial charge in [-0.05, 0) is 37.2 Å². The minimum absolute atomic E-state index is 0.208. The second-order valence-corrected chi connectivity index (χ2v) is 8.22. The van der Waals surface area contributed by atoms with Crippen molar-refractivity contribution in [1.82, 2.24) is 15.7 Å². The van der Waals surface area contributed by atoms with Gasteiger partial charge in [0.05, 0.1) is 5.92 Å². The van der Waals surface area contributed by atoms with Crippen LogP contribution in [-0.4, -0.2) is 48.3 Å². The lowest BCUT2D eigenvalue weighted by atomic mass is 9.85. The van der Waals surface area contributed by atoms with Gasteiger partial charge in [-0.2, -0.15) is 5.06 Å². The molecule has 1 aromatic carbocycles. The molecule has 27 heavy (non-hydrogen) atoms. The lowest BCUT2D eigenvalue weighted by Crippen LogP contribution is -2.55. The number of benzene rings is 1. The van der Waals surface area contributed by atoms with Crippen molar-refractivity contribution in [3.63, 3.8) is 0 Å². The molecule has 1 aromatic rings. The van der Waals surface area contributed by atoms with E-state index < -0.39 is 17.4 Å². The molecule has 152 valence electrons. The van der Waals surface area contributed by atoms with Gasteiger partial charge >= 0.3 is 0 Å². The van der Waals surface area contributed by atoms with Crippen LogP contribution >= 0.6 is 0 Å². The molecule has 0 bridgehead atoms. The maximum Gasteiger partial charge on any atom is 0.242 e. The maximum absolute atomic E-state index is 13.0. The Labute approximate surface area is 163 Å². The zero-order valence-corrected chi connectivity index (χ0v) is 17.5. The van der Waals surface area contributed by atoms with Gasteiger partial charge in [-0.15, -0.1) is 0 Å². The smallest absolute Gasteiger partial charge is 0.242 e. The molecule has 6 heteroatoms. The molecule has 2 amide bonds. The third kappa shape index (κ3) is 7.31. The number of carbonyl (C=O) groups is 2. The van der Waals surface area contributed by atoms with E-state index in [0.717, 1.165) is 17.9 Å². The first kappa shape index (κ1) is 23.1. The van der Waals surface area contributed by atoms with E-state index in [4.69, 9.17) is 0 Å². The fourth-order valence-electron chi connectivity index (χ4n) is 3.09.